The van der Waals surface area contributed by atoms with E-state index in [1.54, 1.807) is 0 Å². The Morgan fingerprint density at radius 1 is 0.293 bits per heavy atom. The number of thiophene rings is 2. The quantitative estimate of drug-likeness (QED) is 0.175. The van der Waals surface area contributed by atoms with E-state index in [4.69, 9.17) is 15.0 Å². The smallest absolute Gasteiger partial charge is 0.164 e. The number of hydrogen-bond acceptors (Lipinski definition) is 5. The van der Waals surface area contributed by atoms with Gasteiger partial charge in [-0.15, -0.1) is 22.7 Å². The summed E-state index contributed by atoms with van der Waals surface area (Å²) < 4.78 is 4.96. The van der Waals surface area contributed by atoms with Crippen molar-refractivity contribution in [2.75, 3.05) is 0 Å². The minimum atomic E-state index is 0.650. The van der Waals surface area contributed by atoms with E-state index in [1.807, 2.05) is 28.7 Å². The third kappa shape index (κ3) is 5.36. The van der Waals surface area contributed by atoms with Crippen LogP contribution in [0.15, 0.2) is 188 Å². The molecule has 0 saturated heterocycles. The summed E-state index contributed by atoms with van der Waals surface area (Å²) in [5, 5.41) is 9.54. The molecule has 0 radical (unpaired) electrons. The summed E-state index contributed by atoms with van der Waals surface area (Å²) in [6, 6.07) is 67.2. The fourth-order valence-electron chi connectivity index (χ4n) is 8.54. The van der Waals surface area contributed by atoms with Crippen molar-refractivity contribution in [3.05, 3.63) is 188 Å². The molecule has 3 nitrogen and oxygen atoms in total. The Morgan fingerprint density at radius 3 is 1.16 bits per heavy atom. The molecule has 0 spiro atoms. The van der Waals surface area contributed by atoms with Crippen LogP contribution in [0.4, 0.5) is 0 Å². The lowest BCUT2D eigenvalue weighted by molar-refractivity contribution is 1.08. The molecule has 9 aromatic carbocycles. The lowest BCUT2D eigenvalue weighted by Gasteiger charge is -2.13. The molecular formula is C53H31N3S2. The first-order valence-corrected chi connectivity index (χ1v) is 21.1. The van der Waals surface area contributed by atoms with Crippen LogP contribution in [-0.2, 0) is 0 Å². The largest absolute Gasteiger partial charge is 0.208 e. The number of hydrogen-bond donors (Lipinski definition) is 0. The fraction of sp³-hybridized carbons (Fsp3) is 0. The molecule has 0 aliphatic heterocycles. The molecule has 0 aliphatic rings. The van der Waals surface area contributed by atoms with Crippen molar-refractivity contribution >= 4 is 84.6 Å². The van der Waals surface area contributed by atoms with E-state index >= 15 is 0 Å². The van der Waals surface area contributed by atoms with Gasteiger partial charge in [-0.2, -0.15) is 0 Å². The normalized spacial score (nSPS) is 11.8. The Labute approximate surface area is 342 Å². The van der Waals surface area contributed by atoms with Gasteiger partial charge in [0.2, 0.25) is 0 Å². The van der Waals surface area contributed by atoms with Gasteiger partial charge >= 0.3 is 0 Å². The van der Waals surface area contributed by atoms with E-state index in [0.717, 1.165) is 27.5 Å². The molecule has 0 saturated carbocycles. The molecule has 0 aliphatic carbocycles. The number of fused-ring (bicyclic) bond motifs is 10. The van der Waals surface area contributed by atoms with Crippen LogP contribution in [0.25, 0.3) is 118 Å². The van der Waals surface area contributed by atoms with Gasteiger partial charge in [-0.3, -0.25) is 0 Å². The van der Waals surface area contributed by atoms with E-state index in [-0.39, 0.29) is 0 Å². The Bertz CT molecular complexity index is 3340. The molecule has 0 amide bonds. The first-order valence-electron chi connectivity index (χ1n) is 19.4. The molecule has 12 rings (SSSR count). The van der Waals surface area contributed by atoms with Gasteiger partial charge in [0, 0.05) is 57.0 Å². The molecule has 0 bridgehead atoms. The number of aromatic nitrogens is 3. The summed E-state index contributed by atoms with van der Waals surface area (Å²) in [5.74, 6) is 1.97. The van der Waals surface area contributed by atoms with Crippen molar-refractivity contribution in [3.8, 4) is 56.4 Å². The highest BCUT2D eigenvalue weighted by Crippen LogP contribution is 2.47. The molecule has 12 aromatic rings. The SMILES string of the molecule is c1ccc(-c2ccc3c(c2)cc(-c2nc(-c4ccccc4)nc(-c4cc5cc(-c6ccccc6)ccc5c5sc6ccccc6c45)n2)c2c4ccccc4sc32)cc1. The van der Waals surface area contributed by atoms with Crippen LogP contribution in [0.2, 0.25) is 0 Å². The Morgan fingerprint density at radius 2 is 0.690 bits per heavy atom. The van der Waals surface area contributed by atoms with Crippen molar-refractivity contribution in [3.63, 3.8) is 0 Å². The molecule has 270 valence electrons. The van der Waals surface area contributed by atoms with Gasteiger partial charge in [-0.1, -0.05) is 152 Å². The zero-order valence-corrected chi connectivity index (χ0v) is 32.7. The zero-order chi connectivity index (χ0) is 38.2. The molecule has 0 atom stereocenters. The van der Waals surface area contributed by atoms with Crippen LogP contribution in [0, 0.1) is 0 Å². The third-order valence-electron chi connectivity index (χ3n) is 11.3. The van der Waals surface area contributed by atoms with Crippen LogP contribution >= 0.6 is 22.7 Å². The Balaban J connectivity index is 1.18. The van der Waals surface area contributed by atoms with Crippen molar-refractivity contribution in [1.82, 2.24) is 15.0 Å². The maximum absolute atomic E-state index is 5.53. The topological polar surface area (TPSA) is 38.7 Å². The van der Waals surface area contributed by atoms with Crippen LogP contribution in [0.5, 0.6) is 0 Å². The van der Waals surface area contributed by atoms with Gasteiger partial charge in [0.1, 0.15) is 0 Å². The van der Waals surface area contributed by atoms with E-state index in [1.165, 1.54) is 73.4 Å². The van der Waals surface area contributed by atoms with Crippen LogP contribution < -0.4 is 0 Å². The van der Waals surface area contributed by atoms with Gasteiger partial charge in [0.25, 0.3) is 0 Å². The molecular weight excluding hydrogens is 743 g/mol. The van der Waals surface area contributed by atoms with Gasteiger partial charge in [-0.05, 0) is 80.2 Å². The minimum absolute atomic E-state index is 0.650. The summed E-state index contributed by atoms with van der Waals surface area (Å²) >= 11 is 3.68. The first-order chi connectivity index (χ1) is 28.7. The number of nitrogens with zero attached hydrogens (tertiary/aromatic N) is 3. The molecule has 3 heterocycles. The second kappa shape index (κ2) is 13.3. The first kappa shape index (κ1) is 33.1. The average molecular weight is 774 g/mol. The fourth-order valence-corrected chi connectivity index (χ4v) is 11.1. The molecule has 58 heavy (non-hydrogen) atoms. The average Bonchev–Trinajstić information content (AvgIpc) is 3.89. The van der Waals surface area contributed by atoms with Crippen LogP contribution in [-0.4, -0.2) is 15.0 Å². The van der Waals surface area contributed by atoms with E-state index in [0.29, 0.717) is 17.5 Å². The highest BCUT2D eigenvalue weighted by Gasteiger charge is 2.22. The van der Waals surface area contributed by atoms with Gasteiger partial charge in [0.15, 0.2) is 17.5 Å². The van der Waals surface area contributed by atoms with Crippen molar-refractivity contribution in [2.24, 2.45) is 0 Å². The summed E-state index contributed by atoms with van der Waals surface area (Å²) in [7, 11) is 0. The predicted octanol–water partition coefficient (Wildman–Crippen LogP) is 15.2. The summed E-state index contributed by atoms with van der Waals surface area (Å²) in [6.07, 6.45) is 0. The predicted molar refractivity (Wildman–Crippen MR) is 248 cm³/mol. The van der Waals surface area contributed by atoms with Crippen LogP contribution in [0.1, 0.15) is 0 Å². The Kier molecular flexibility index (Phi) is 7.58. The maximum atomic E-state index is 5.53. The van der Waals surface area contributed by atoms with E-state index < -0.39 is 0 Å². The zero-order valence-electron chi connectivity index (χ0n) is 31.1. The summed E-state index contributed by atoms with van der Waals surface area (Å²) in [6.45, 7) is 0. The van der Waals surface area contributed by atoms with Gasteiger partial charge < -0.3 is 0 Å². The van der Waals surface area contributed by atoms with Crippen molar-refractivity contribution in [1.29, 1.82) is 0 Å². The highest BCUT2D eigenvalue weighted by atomic mass is 32.1. The second-order valence-corrected chi connectivity index (χ2v) is 16.8. The molecule has 0 fully saturated rings. The molecule has 3 aromatic heterocycles. The molecule has 0 unspecified atom stereocenters. The van der Waals surface area contributed by atoms with E-state index in [2.05, 4.69) is 182 Å². The van der Waals surface area contributed by atoms with Crippen molar-refractivity contribution < 1.29 is 0 Å². The molecule has 5 heteroatoms. The van der Waals surface area contributed by atoms with Crippen LogP contribution in [0.3, 0.4) is 0 Å². The number of benzene rings is 9. The second-order valence-electron chi connectivity index (χ2n) is 14.7. The molecule has 0 N–H and O–H groups in total. The highest BCUT2D eigenvalue weighted by molar-refractivity contribution is 7.27. The maximum Gasteiger partial charge on any atom is 0.164 e. The van der Waals surface area contributed by atoms with E-state index in [9.17, 15) is 0 Å². The standard InChI is InChI=1S/C53H31N3S2/c1-4-14-32(15-5-1)35-24-26-39-37(28-35)30-43(47-41-20-10-12-22-45(41)57-49(39)47)52-54-51(34-18-8-3-9-19-34)55-53(56-52)44-31-38-29-36(33-16-6-2-7-17-33)25-27-40(38)50-48(44)42-21-11-13-23-46(42)58-50/h1-31H. The Hall–Kier alpha value is -7.05. The van der Waals surface area contributed by atoms with Gasteiger partial charge in [0.05, 0.1) is 0 Å². The lowest BCUT2D eigenvalue weighted by Crippen LogP contribution is -2.01. The van der Waals surface area contributed by atoms with Crippen molar-refractivity contribution in [2.45, 2.75) is 0 Å². The lowest BCUT2D eigenvalue weighted by atomic mass is 9.96. The number of rotatable bonds is 5. The monoisotopic (exact) mass is 773 g/mol. The summed E-state index contributed by atoms with van der Waals surface area (Å²) in [5.41, 5.74) is 7.70. The minimum Gasteiger partial charge on any atom is -0.208 e. The summed E-state index contributed by atoms with van der Waals surface area (Å²) in [4.78, 5) is 16.2. The third-order valence-corrected chi connectivity index (χ3v) is 13.7. The van der Waals surface area contributed by atoms with Gasteiger partial charge in [-0.25, -0.2) is 15.0 Å².